The minimum absolute atomic E-state index is 0.0751. The summed E-state index contributed by atoms with van der Waals surface area (Å²) in [7, 11) is 0. The Balaban J connectivity index is 1.80. The Bertz CT molecular complexity index is 1110. The minimum atomic E-state index is -0.700. The second kappa shape index (κ2) is 9.71. The molecule has 1 atom stereocenters. The molecule has 0 radical (unpaired) electrons. The van der Waals surface area contributed by atoms with Gasteiger partial charge in [-0.05, 0) is 43.7 Å². The molecule has 9 heteroatoms. The third-order valence-electron chi connectivity index (χ3n) is 4.50. The van der Waals surface area contributed by atoms with E-state index in [2.05, 4.69) is 25.8 Å². The van der Waals surface area contributed by atoms with Crippen molar-refractivity contribution in [1.29, 1.82) is 5.26 Å². The highest BCUT2D eigenvalue weighted by Crippen LogP contribution is 2.14. The average Bonchev–Trinajstić information content (AvgIpc) is 3.21. The summed E-state index contributed by atoms with van der Waals surface area (Å²) in [6, 6.07) is 11.3. The number of aliphatic imine (C=N–C) groups is 2. The fourth-order valence-corrected chi connectivity index (χ4v) is 2.74. The van der Waals surface area contributed by atoms with Crippen molar-refractivity contribution in [2.24, 2.45) is 15.1 Å². The molecule has 0 aliphatic carbocycles. The zero-order valence-corrected chi connectivity index (χ0v) is 17.0. The highest BCUT2D eigenvalue weighted by molar-refractivity contribution is 6.18. The quantitative estimate of drug-likeness (QED) is 0.582. The molecule has 0 saturated heterocycles. The number of amidine groups is 1. The zero-order valence-electron chi connectivity index (χ0n) is 17.0. The van der Waals surface area contributed by atoms with Gasteiger partial charge in [0.1, 0.15) is 17.5 Å². The van der Waals surface area contributed by atoms with Crippen LogP contribution in [0.3, 0.4) is 0 Å². The van der Waals surface area contributed by atoms with Gasteiger partial charge in [0, 0.05) is 17.2 Å². The van der Waals surface area contributed by atoms with Gasteiger partial charge in [0.25, 0.3) is 5.91 Å². The van der Waals surface area contributed by atoms with Gasteiger partial charge in [0.15, 0.2) is 0 Å². The van der Waals surface area contributed by atoms with Crippen LogP contribution in [0, 0.1) is 23.0 Å². The van der Waals surface area contributed by atoms with Gasteiger partial charge < -0.3 is 0 Å². The Kier molecular flexibility index (Phi) is 6.82. The van der Waals surface area contributed by atoms with Crippen molar-refractivity contribution in [1.82, 2.24) is 10.7 Å². The number of nitrogens with zero attached hydrogens (tertiary/aromatic N) is 4. The average molecular weight is 422 g/mol. The lowest BCUT2D eigenvalue weighted by Crippen LogP contribution is -2.32. The molecular weight excluding hydrogens is 402 g/mol. The second-order valence-electron chi connectivity index (χ2n) is 6.92. The third-order valence-corrected chi connectivity index (χ3v) is 4.50. The maximum atomic E-state index is 13.5. The molecule has 1 unspecified atom stereocenters. The molecule has 0 spiro atoms. The van der Waals surface area contributed by atoms with Gasteiger partial charge in [-0.25, -0.2) is 13.8 Å². The van der Waals surface area contributed by atoms with E-state index in [0.29, 0.717) is 28.2 Å². The predicted molar refractivity (Wildman–Crippen MR) is 114 cm³/mol. The summed E-state index contributed by atoms with van der Waals surface area (Å²) >= 11 is 0. The van der Waals surface area contributed by atoms with E-state index >= 15 is 0 Å². The largest absolute Gasteiger partial charge is 0.291 e. The molecule has 1 aliphatic rings. The number of nitriles is 1. The van der Waals surface area contributed by atoms with Crippen molar-refractivity contribution in [2.45, 2.75) is 32.7 Å². The van der Waals surface area contributed by atoms with Crippen LogP contribution in [0.25, 0.3) is 0 Å². The van der Waals surface area contributed by atoms with Crippen LogP contribution in [-0.2, 0) is 0 Å². The molecule has 0 saturated carbocycles. The van der Waals surface area contributed by atoms with E-state index in [9.17, 15) is 13.6 Å². The topological polar surface area (TPSA) is 102 Å². The molecule has 1 aliphatic heterocycles. The first-order chi connectivity index (χ1) is 14.9. The van der Waals surface area contributed by atoms with Crippen LogP contribution in [0.4, 0.5) is 8.78 Å². The fraction of sp³-hybridized carbons (Fsp3) is 0.227. The summed E-state index contributed by atoms with van der Waals surface area (Å²) in [5.74, 6) is -1.42. The van der Waals surface area contributed by atoms with E-state index in [0.717, 1.165) is 12.5 Å². The van der Waals surface area contributed by atoms with Crippen molar-refractivity contribution in [2.75, 3.05) is 0 Å². The van der Waals surface area contributed by atoms with Crippen LogP contribution >= 0.6 is 0 Å². The van der Waals surface area contributed by atoms with E-state index in [1.54, 1.807) is 18.2 Å². The Morgan fingerprint density at radius 3 is 2.71 bits per heavy atom. The predicted octanol–water partition coefficient (Wildman–Crippen LogP) is 3.52. The lowest BCUT2D eigenvalue weighted by Gasteiger charge is -2.09. The molecule has 158 valence electrons. The second-order valence-corrected chi connectivity index (χ2v) is 6.92. The number of carbonyl (C=O) groups excluding carboxylic acids is 1. The number of hydrogen-bond acceptors (Lipinski definition) is 4. The van der Waals surface area contributed by atoms with Crippen LogP contribution in [0.15, 0.2) is 57.6 Å². The molecular formula is C22H20F2N6O. The zero-order chi connectivity index (χ0) is 22.4. The molecule has 7 nitrogen and oxygen atoms in total. The van der Waals surface area contributed by atoms with Crippen molar-refractivity contribution in [3.05, 3.63) is 70.8 Å². The number of rotatable bonds is 4. The number of benzene rings is 2. The molecule has 1 amide bonds. The van der Waals surface area contributed by atoms with Gasteiger partial charge in [-0.15, -0.1) is 0 Å². The first-order valence-electron chi connectivity index (χ1n) is 9.64. The third kappa shape index (κ3) is 5.79. The molecule has 2 aromatic carbocycles. The minimum Gasteiger partial charge on any atom is -0.291 e. The summed E-state index contributed by atoms with van der Waals surface area (Å²) in [5.41, 5.74) is 4.08. The number of hydrogen-bond donors (Lipinski definition) is 2. The number of nitrogens with one attached hydrogen (secondary N) is 2. The summed E-state index contributed by atoms with van der Waals surface area (Å²) in [6.07, 6.45) is 0.911. The monoisotopic (exact) mass is 422 g/mol. The van der Waals surface area contributed by atoms with E-state index in [1.807, 2.05) is 19.9 Å². The Labute approximate surface area is 178 Å². The smallest absolute Gasteiger partial charge is 0.258 e. The Hall–Kier alpha value is -3.93. The van der Waals surface area contributed by atoms with E-state index in [-0.39, 0.29) is 18.4 Å². The lowest BCUT2D eigenvalue weighted by molar-refractivity contribution is 0.0976. The standard InChI is InChI=1S/C22H20F2N6O/c1-3-13(2)26-22(28-21(31)15-6-4-5-14(7-15)12-25)27-20-11-19(29-30-20)16-8-17(23)10-18(24)9-16/h4-10,13H,3,11H2,1-2H3,(H2,26,27,28,30,31). The molecule has 0 fully saturated rings. The van der Waals surface area contributed by atoms with Gasteiger partial charge in [-0.2, -0.15) is 15.4 Å². The van der Waals surface area contributed by atoms with Gasteiger partial charge >= 0.3 is 0 Å². The van der Waals surface area contributed by atoms with Crippen LogP contribution < -0.4 is 10.7 Å². The Morgan fingerprint density at radius 2 is 2.03 bits per heavy atom. The highest BCUT2D eigenvalue weighted by Gasteiger charge is 2.18. The normalized spacial score (nSPS) is 15.8. The number of hydrazone groups is 1. The number of amides is 1. The van der Waals surface area contributed by atoms with E-state index in [4.69, 9.17) is 5.26 Å². The maximum Gasteiger partial charge on any atom is 0.258 e. The fourth-order valence-electron chi connectivity index (χ4n) is 2.74. The van der Waals surface area contributed by atoms with Crippen LogP contribution in [0.2, 0.25) is 0 Å². The van der Waals surface area contributed by atoms with Gasteiger partial charge in [-0.3, -0.25) is 15.5 Å². The summed E-state index contributed by atoms with van der Waals surface area (Å²) in [6.45, 7) is 3.83. The molecule has 2 N–H and O–H groups in total. The number of carbonyl (C=O) groups is 1. The lowest BCUT2D eigenvalue weighted by atomic mass is 10.1. The molecule has 3 rings (SSSR count). The van der Waals surface area contributed by atoms with Crippen molar-refractivity contribution in [3.63, 3.8) is 0 Å². The van der Waals surface area contributed by atoms with Gasteiger partial charge in [-0.1, -0.05) is 13.0 Å². The number of guanidine groups is 1. The highest BCUT2D eigenvalue weighted by atomic mass is 19.1. The molecule has 2 aromatic rings. The van der Waals surface area contributed by atoms with E-state index in [1.165, 1.54) is 18.2 Å². The van der Waals surface area contributed by atoms with Gasteiger partial charge in [0.05, 0.1) is 29.8 Å². The van der Waals surface area contributed by atoms with Crippen LogP contribution in [-0.4, -0.2) is 29.5 Å². The SMILES string of the molecule is CCC(C)N=C(N=C1CC(c2cc(F)cc(F)c2)=NN1)NC(=O)c1cccc(C#N)c1. The first-order valence-corrected chi connectivity index (χ1v) is 9.64. The first kappa shape index (κ1) is 21.8. The Morgan fingerprint density at radius 1 is 1.29 bits per heavy atom. The van der Waals surface area contributed by atoms with Crippen molar-refractivity contribution in [3.8, 4) is 6.07 Å². The molecule has 0 aromatic heterocycles. The molecule has 1 heterocycles. The number of halogens is 2. The van der Waals surface area contributed by atoms with Gasteiger partial charge in [0.2, 0.25) is 5.96 Å². The van der Waals surface area contributed by atoms with E-state index < -0.39 is 17.5 Å². The van der Waals surface area contributed by atoms with Crippen LogP contribution in [0.5, 0.6) is 0 Å². The molecule has 31 heavy (non-hydrogen) atoms. The van der Waals surface area contributed by atoms with Crippen LogP contribution in [0.1, 0.15) is 48.2 Å². The summed E-state index contributed by atoms with van der Waals surface area (Å²) in [5, 5.41) is 15.8. The van der Waals surface area contributed by atoms with Crippen molar-refractivity contribution < 1.29 is 13.6 Å². The van der Waals surface area contributed by atoms with Crippen molar-refractivity contribution >= 4 is 23.4 Å². The summed E-state index contributed by atoms with van der Waals surface area (Å²) < 4.78 is 27.0. The maximum absolute atomic E-state index is 13.5. The summed E-state index contributed by atoms with van der Waals surface area (Å²) in [4.78, 5) is 21.4. The molecule has 0 bridgehead atoms.